The number of hydrogen-bond donors (Lipinski definition) is 0. The predicted molar refractivity (Wildman–Crippen MR) is 150 cm³/mol. The van der Waals surface area contributed by atoms with E-state index in [1.165, 1.54) is 0 Å². The lowest BCUT2D eigenvalue weighted by atomic mass is 9.98. The van der Waals surface area contributed by atoms with E-state index in [1.807, 2.05) is 82.4 Å². The van der Waals surface area contributed by atoms with Crippen LogP contribution in [-0.4, -0.2) is 44.5 Å². The average Bonchev–Trinajstić information content (AvgIpc) is 3.67. The van der Waals surface area contributed by atoms with Crippen LogP contribution >= 0.6 is 0 Å². The molecule has 0 aliphatic carbocycles. The van der Waals surface area contributed by atoms with Gasteiger partial charge in [-0.15, -0.1) is 0 Å². The Morgan fingerprint density at radius 1 is 0.821 bits per heavy atom. The molecule has 8 nitrogen and oxygen atoms in total. The van der Waals surface area contributed by atoms with Crippen molar-refractivity contribution in [2.45, 2.75) is 40.3 Å². The highest BCUT2D eigenvalue weighted by molar-refractivity contribution is 6.00. The van der Waals surface area contributed by atoms with Gasteiger partial charge in [0, 0.05) is 56.1 Å². The number of hydrogen-bond acceptors (Lipinski definition) is 5. The molecule has 8 heteroatoms. The molecule has 0 unspecified atom stereocenters. The van der Waals surface area contributed by atoms with Crippen molar-refractivity contribution < 1.29 is 18.4 Å². The van der Waals surface area contributed by atoms with Gasteiger partial charge >= 0.3 is 0 Å². The van der Waals surface area contributed by atoms with Gasteiger partial charge in [-0.1, -0.05) is 12.1 Å². The minimum absolute atomic E-state index is 0.183. The number of fused-ring (bicyclic) bond motifs is 2. The maximum atomic E-state index is 14.1. The summed E-state index contributed by atoms with van der Waals surface area (Å²) >= 11 is 0. The van der Waals surface area contributed by atoms with E-state index in [4.69, 9.17) is 8.83 Å². The lowest BCUT2D eigenvalue weighted by molar-refractivity contribution is -0.147. The number of benzene rings is 2. The van der Waals surface area contributed by atoms with Crippen LogP contribution in [0.5, 0.6) is 0 Å². The molecule has 0 fully saturated rings. The quantitative estimate of drug-likeness (QED) is 0.225. The summed E-state index contributed by atoms with van der Waals surface area (Å²) in [6.45, 7) is 7.60. The molecular weight excluding hydrogens is 492 g/mol. The fourth-order valence-corrected chi connectivity index (χ4v) is 5.15. The van der Waals surface area contributed by atoms with Gasteiger partial charge < -0.3 is 18.6 Å². The van der Waals surface area contributed by atoms with Crippen LogP contribution in [-0.2, 0) is 36.1 Å². The first-order chi connectivity index (χ1) is 18.9. The summed E-state index contributed by atoms with van der Waals surface area (Å²) in [6, 6.07) is 17.6. The number of nitrogens with zero attached hydrogens (tertiary/aromatic N) is 4. The Balaban J connectivity index is 1.42. The summed E-state index contributed by atoms with van der Waals surface area (Å²) in [7, 11) is 1.85. The van der Waals surface area contributed by atoms with Crippen LogP contribution in [0.25, 0.3) is 21.9 Å². The molecule has 3 heterocycles. The van der Waals surface area contributed by atoms with E-state index in [-0.39, 0.29) is 18.2 Å². The number of carbonyl (C=O) groups excluding carboxylic acids is 2. The fourth-order valence-electron chi connectivity index (χ4n) is 5.15. The molecule has 2 amide bonds. The third-order valence-electron chi connectivity index (χ3n) is 7.28. The smallest absolute Gasteiger partial charge is 0.235 e. The van der Waals surface area contributed by atoms with Gasteiger partial charge in [-0.05, 0) is 74.4 Å². The molecule has 0 N–H and O–H groups in total. The van der Waals surface area contributed by atoms with Gasteiger partial charge in [-0.25, -0.2) is 0 Å². The third kappa shape index (κ3) is 5.60. The van der Waals surface area contributed by atoms with Crippen LogP contribution in [0.2, 0.25) is 0 Å². The zero-order valence-electron chi connectivity index (χ0n) is 22.9. The Hall–Kier alpha value is -4.33. The van der Waals surface area contributed by atoms with Crippen LogP contribution in [0, 0.1) is 12.8 Å². The predicted octanol–water partition coefficient (Wildman–Crippen LogP) is 5.48. The highest BCUT2D eigenvalue weighted by atomic mass is 16.3. The number of rotatable bonds is 10. The summed E-state index contributed by atoms with van der Waals surface area (Å²) in [4.78, 5) is 31.7. The van der Waals surface area contributed by atoms with Gasteiger partial charge in [0.05, 0.1) is 18.2 Å². The lowest BCUT2D eigenvalue weighted by Gasteiger charge is -2.30. The van der Waals surface area contributed by atoms with Crippen LogP contribution in [0.15, 0.2) is 76.0 Å². The maximum Gasteiger partial charge on any atom is 0.235 e. The second-order valence-corrected chi connectivity index (χ2v) is 9.95. The zero-order valence-corrected chi connectivity index (χ0v) is 22.9. The molecule has 0 aliphatic rings. The molecule has 2 aromatic carbocycles. The van der Waals surface area contributed by atoms with E-state index in [0.29, 0.717) is 26.2 Å². The van der Waals surface area contributed by atoms with E-state index in [9.17, 15) is 9.59 Å². The van der Waals surface area contributed by atoms with Crippen molar-refractivity contribution in [3.63, 3.8) is 0 Å². The van der Waals surface area contributed by atoms with Crippen LogP contribution in [0.3, 0.4) is 0 Å². The molecule has 5 aromatic rings. The monoisotopic (exact) mass is 526 g/mol. The molecule has 0 bridgehead atoms. The van der Waals surface area contributed by atoms with Gasteiger partial charge in [0.25, 0.3) is 0 Å². The Morgan fingerprint density at radius 3 is 1.77 bits per heavy atom. The molecule has 0 aliphatic heterocycles. The van der Waals surface area contributed by atoms with Crippen LogP contribution in [0.4, 0.5) is 0 Å². The maximum absolute atomic E-state index is 14.1. The van der Waals surface area contributed by atoms with Gasteiger partial charge in [0.15, 0.2) is 0 Å². The van der Waals surface area contributed by atoms with Crippen molar-refractivity contribution in [1.82, 2.24) is 19.6 Å². The highest BCUT2D eigenvalue weighted by Crippen LogP contribution is 2.23. The summed E-state index contributed by atoms with van der Waals surface area (Å²) in [6.07, 6.45) is 3.60. The van der Waals surface area contributed by atoms with Crippen molar-refractivity contribution in [1.29, 1.82) is 0 Å². The Labute approximate surface area is 227 Å². The summed E-state index contributed by atoms with van der Waals surface area (Å²) in [5.74, 6) is -1.23. The number of furan rings is 2. The number of aryl methyl sites for hydroxylation is 2. The molecule has 0 radical (unpaired) electrons. The van der Waals surface area contributed by atoms with E-state index < -0.39 is 5.92 Å². The van der Waals surface area contributed by atoms with Gasteiger partial charge in [0.2, 0.25) is 11.8 Å². The zero-order chi connectivity index (χ0) is 27.5. The topological polar surface area (TPSA) is 84.7 Å². The second kappa shape index (κ2) is 11.2. The minimum atomic E-state index is -0.866. The highest BCUT2D eigenvalue weighted by Gasteiger charge is 2.34. The van der Waals surface area contributed by atoms with E-state index >= 15 is 0 Å². The molecular formula is C31H34N4O4. The molecule has 0 spiro atoms. The summed E-state index contributed by atoms with van der Waals surface area (Å²) < 4.78 is 12.7. The molecule has 202 valence electrons. The molecule has 5 rings (SSSR count). The largest absolute Gasteiger partial charge is 0.464 e. The second-order valence-electron chi connectivity index (χ2n) is 9.95. The Morgan fingerprint density at radius 2 is 1.33 bits per heavy atom. The van der Waals surface area contributed by atoms with Crippen molar-refractivity contribution >= 4 is 33.8 Å². The standard InChI is InChI=1S/C31H34N4O4/c1-5-34(19-22-7-9-28-24(16-22)11-13-38-28)30(36)27(18-26-15-21(3)32-33(26)4)31(37)35(6-2)20-23-8-10-29-25(17-23)12-14-39-29/h7-17,27H,5-6,18-20H2,1-4H3. The van der Waals surface area contributed by atoms with Crippen molar-refractivity contribution in [2.24, 2.45) is 13.0 Å². The minimum Gasteiger partial charge on any atom is -0.464 e. The van der Waals surface area contributed by atoms with E-state index in [1.54, 1.807) is 27.0 Å². The Bertz CT molecular complexity index is 1520. The number of aromatic nitrogens is 2. The van der Waals surface area contributed by atoms with Crippen LogP contribution in [0.1, 0.15) is 36.4 Å². The van der Waals surface area contributed by atoms with Crippen molar-refractivity contribution in [3.05, 3.63) is 89.6 Å². The Kier molecular flexibility index (Phi) is 7.54. The molecule has 39 heavy (non-hydrogen) atoms. The van der Waals surface area contributed by atoms with Gasteiger partial charge in [-0.2, -0.15) is 5.10 Å². The van der Waals surface area contributed by atoms with E-state index in [0.717, 1.165) is 44.5 Å². The number of amides is 2. The van der Waals surface area contributed by atoms with Crippen LogP contribution < -0.4 is 0 Å². The van der Waals surface area contributed by atoms with Crippen molar-refractivity contribution in [3.8, 4) is 0 Å². The van der Waals surface area contributed by atoms with Gasteiger partial charge in [0.1, 0.15) is 17.1 Å². The molecule has 0 saturated carbocycles. The van der Waals surface area contributed by atoms with Gasteiger partial charge in [-0.3, -0.25) is 14.3 Å². The first-order valence-corrected chi connectivity index (χ1v) is 13.4. The first-order valence-electron chi connectivity index (χ1n) is 13.4. The first kappa shape index (κ1) is 26.3. The molecule has 3 aromatic heterocycles. The number of carbonyl (C=O) groups is 2. The van der Waals surface area contributed by atoms with Crippen molar-refractivity contribution in [2.75, 3.05) is 13.1 Å². The SMILES string of the molecule is CCN(Cc1ccc2occc2c1)C(=O)C(Cc1cc(C)nn1C)C(=O)N(CC)Cc1ccc2occc2c1. The third-order valence-corrected chi connectivity index (χ3v) is 7.28. The summed E-state index contributed by atoms with van der Waals surface area (Å²) in [5.41, 5.74) is 5.29. The lowest BCUT2D eigenvalue weighted by Crippen LogP contribution is -2.46. The summed E-state index contributed by atoms with van der Waals surface area (Å²) in [5, 5.41) is 6.42. The molecule has 0 saturated heterocycles. The normalized spacial score (nSPS) is 11.5. The fraction of sp³-hybridized carbons (Fsp3) is 0.323. The molecule has 0 atom stereocenters. The van der Waals surface area contributed by atoms with E-state index in [2.05, 4.69) is 5.10 Å². The average molecular weight is 527 g/mol.